The van der Waals surface area contributed by atoms with Gasteiger partial charge in [-0.1, -0.05) is 36.0 Å². The minimum absolute atomic E-state index is 0.0173. The molecule has 0 atom stereocenters. The summed E-state index contributed by atoms with van der Waals surface area (Å²) in [6.07, 6.45) is 3.72. The number of nitrogens with zero attached hydrogens (tertiary/aromatic N) is 1. The summed E-state index contributed by atoms with van der Waals surface area (Å²) >= 11 is 11.8. The summed E-state index contributed by atoms with van der Waals surface area (Å²) in [5.41, 5.74) is 0.329. The Hall–Kier alpha value is -1.26. The van der Waals surface area contributed by atoms with Gasteiger partial charge in [0.25, 0.3) is 5.91 Å². The third-order valence-corrected chi connectivity index (χ3v) is 3.88. The van der Waals surface area contributed by atoms with Crippen LogP contribution in [0.3, 0.4) is 0 Å². The standard InChI is InChI=1S/C14H15Cl2NO3/c15-10-5-9(6-11(16)7-10)14(20)17(8-13(18)19)12-3-1-2-4-12/h5-7,12H,1-4,8H2,(H,18,19). The summed E-state index contributed by atoms with van der Waals surface area (Å²) < 4.78 is 0. The fraction of sp³-hybridized carbons (Fsp3) is 0.429. The molecule has 0 spiro atoms. The van der Waals surface area contributed by atoms with Gasteiger partial charge < -0.3 is 10.0 Å². The highest BCUT2D eigenvalue weighted by Crippen LogP contribution is 2.26. The number of benzene rings is 1. The minimum Gasteiger partial charge on any atom is -0.480 e. The van der Waals surface area contributed by atoms with Crippen LogP contribution in [0.2, 0.25) is 10.0 Å². The summed E-state index contributed by atoms with van der Waals surface area (Å²) in [4.78, 5) is 24.9. The second kappa shape index (κ2) is 6.46. The molecule has 0 aromatic heterocycles. The number of carbonyl (C=O) groups excluding carboxylic acids is 1. The fourth-order valence-corrected chi connectivity index (χ4v) is 3.10. The van der Waals surface area contributed by atoms with Gasteiger partial charge >= 0.3 is 5.97 Å². The first kappa shape index (κ1) is 15.1. The van der Waals surface area contributed by atoms with Crippen LogP contribution in [0.4, 0.5) is 0 Å². The molecule has 20 heavy (non-hydrogen) atoms. The lowest BCUT2D eigenvalue weighted by Crippen LogP contribution is -2.42. The Labute approximate surface area is 127 Å². The Morgan fingerprint density at radius 1 is 1.15 bits per heavy atom. The monoisotopic (exact) mass is 315 g/mol. The van der Waals surface area contributed by atoms with Crippen LogP contribution in [-0.2, 0) is 4.79 Å². The first-order valence-corrected chi connectivity index (χ1v) is 7.22. The summed E-state index contributed by atoms with van der Waals surface area (Å²) in [5.74, 6) is -1.35. The summed E-state index contributed by atoms with van der Waals surface area (Å²) in [7, 11) is 0. The molecule has 1 aliphatic carbocycles. The van der Waals surface area contributed by atoms with E-state index in [1.165, 1.54) is 23.1 Å². The highest BCUT2D eigenvalue weighted by atomic mass is 35.5. The average Bonchev–Trinajstić information content (AvgIpc) is 2.87. The Morgan fingerprint density at radius 3 is 2.20 bits per heavy atom. The molecule has 0 heterocycles. The smallest absolute Gasteiger partial charge is 0.323 e. The Bertz CT molecular complexity index is 507. The van der Waals surface area contributed by atoms with Gasteiger partial charge in [-0.3, -0.25) is 9.59 Å². The van der Waals surface area contributed by atoms with E-state index >= 15 is 0 Å². The van der Waals surface area contributed by atoms with Crippen molar-refractivity contribution in [3.8, 4) is 0 Å². The van der Waals surface area contributed by atoms with Crippen LogP contribution < -0.4 is 0 Å². The third kappa shape index (κ3) is 3.64. The maximum absolute atomic E-state index is 12.5. The van der Waals surface area contributed by atoms with E-state index in [2.05, 4.69) is 0 Å². The summed E-state index contributed by atoms with van der Waals surface area (Å²) in [6, 6.07) is 4.55. The van der Waals surface area contributed by atoms with Crippen molar-refractivity contribution < 1.29 is 14.7 Å². The Morgan fingerprint density at radius 2 is 1.70 bits per heavy atom. The van der Waals surface area contributed by atoms with Crippen LogP contribution >= 0.6 is 23.2 Å². The van der Waals surface area contributed by atoms with Crippen LogP contribution in [0, 0.1) is 0 Å². The van der Waals surface area contributed by atoms with E-state index in [-0.39, 0.29) is 18.5 Å². The van der Waals surface area contributed by atoms with Gasteiger partial charge in [-0.15, -0.1) is 0 Å². The molecule has 1 aromatic carbocycles. The largest absolute Gasteiger partial charge is 0.480 e. The van der Waals surface area contributed by atoms with Gasteiger partial charge in [0.1, 0.15) is 6.54 Å². The van der Waals surface area contributed by atoms with Crippen LogP contribution in [0.15, 0.2) is 18.2 Å². The van der Waals surface area contributed by atoms with Crippen molar-refractivity contribution in [1.29, 1.82) is 0 Å². The fourth-order valence-electron chi connectivity index (χ4n) is 2.57. The van der Waals surface area contributed by atoms with E-state index < -0.39 is 5.97 Å². The van der Waals surface area contributed by atoms with Gasteiger partial charge in [-0.2, -0.15) is 0 Å². The minimum atomic E-state index is -1.02. The number of rotatable bonds is 4. The van der Waals surface area contributed by atoms with E-state index in [4.69, 9.17) is 28.3 Å². The molecule has 1 aromatic rings. The van der Waals surface area contributed by atoms with E-state index in [1.54, 1.807) is 0 Å². The predicted molar refractivity (Wildman–Crippen MR) is 77.4 cm³/mol. The molecule has 2 rings (SSSR count). The molecule has 1 amide bonds. The van der Waals surface area contributed by atoms with Crippen LogP contribution in [0.5, 0.6) is 0 Å². The topological polar surface area (TPSA) is 57.6 Å². The van der Waals surface area contributed by atoms with Crippen molar-refractivity contribution in [1.82, 2.24) is 4.90 Å². The quantitative estimate of drug-likeness (QED) is 0.925. The number of carboxylic acid groups (broad SMARTS) is 1. The molecular weight excluding hydrogens is 301 g/mol. The van der Waals surface area contributed by atoms with Gasteiger partial charge in [-0.05, 0) is 31.0 Å². The average molecular weight is 316 g/mol. The molecule has 1 aliphatic rings. The number of carbonyl (C=O) groups is 2. The molecule has 0 bridgehead atoms. The van der Waals surface area contributed by atoms with E-state index in [1.807, 2.05) is 0 Å². The molecule has 0 saturated heterocycles. The molecule has 1 N–H and O–H groups in total. The van der Waals surface area contributed by atoms with Crippen molar-refractivity contribution in [2.75, 3.05) is 6.54 Å². The normalized spacial score (nSPS) is 15.3. The first-order valence-electron chi connectivity index (χ1n) is 6.46. The van der Waals surface area contributed by atoms with Gasteiger partial charge in [0.2, 0.25) is 0 Å². The molecule has 6 heteroatoms. The number of hydrogen-bond acceptors (Lipinski definition) is 2. The van der Waals surface area contributed by atoms with Crippen molar-refractivity contribution in [2.24, 2.45) is 0 Å². The maximum atomic E-state index is 12.5. The molecule has 1 saturated carbocycles. The Balaban J connectivity index is 2.26. The number of carboxylic acids is 1. The zero-order valence-electron chi connectivity index (χ0n) is 10.8. The molecule has 4 nitrogen and oxygen atoms in total. The van der Waals surface area contributed by atoms with Crippen LogP contribution in [0.1, 0.15) is 36.0 Å². The number of halogens is 2. The van der Waals surface area contributed by atoms with E-state index in [0.29, 0.717) is 15.6 Å². The van der Waals surface area contributed by atoms with E-state index in [0.717, 1.165) is 25.7 Å². The molecule has 1 fully saturated rings. The van der Waals surface area contributed by atoms with Gasteiger partial charge in [0.05, 0.1) is 0 Å². The van der Waals surface area contributed by atoms with Crippen molar-refractivity contribution in [3.63, 3.8) is 0 Å². The van der Waals surface area contributed by atoms with Crippen LogP contribution in [0.25, 0.3) is 0 Å². The molecule has 108 valence electrons. The zero-order valence-corrected chi connectivity index (χ0v) is 12.3. The second-order valence-electron chi connectivity index (χ2n) is 4.92. The lowest BCUT2D eigenvalue weighted by atomic mass is 10.1. The van der Waals surface area contributed by atoms with Crippen molar-refractivity contribution in [3.05, 3.63) is 33.8 Å². The number of amides is 1. The summed E-state index contributed by atoms with van der Waals surface area (Å²) in [6.45, 7) is -0.298. The molecule has 0 aliphatic heterocycles. The first-order chi connectivity index (χ1) is 9.47. The second-order valence-corrected chi connectivity index (χ2v) is 5.80. The van der Waals surface area contributed by atoms with Crippen LogP contribution in [-0.4, -0.2) is 34.5 Å². The number of aliphatic carboxylic acids is 1. The highest BCUT2D eigenvalue weighted by molar-refractivity contribution is 6.35. The van der Waals surface area contributed by atoms with Gasteiger partial charge in [0, 0.05) is 21.7 Å². The van der Waals surface area contributed by atoms with Gasteiger partial charge in [0.15, 0.2) is 0 Å². The SMILES string of the molecule is O=C(O)CN(C(=O)c1cc(Cl)cc(Cl)c1)C1CCCC1. The lowest BCUT2D eigenvalue weighted by Gasteiger charge is -2.27. The van der Waals surface area contributed by atoms with E-state index in [9.17, 15) is 9.59 Å². The van der Waals surface area contributed by atoms with Gasteiger partial charge in [-0.25, -0.2) is 0 Å². The zero-order chi connectivity index (χ0) is 14.7. The van der Waals surface area contributed by atoms with Crippen molar-refractivity contribution >= 4 is 35.1 Å². The third-order valence-electron chi connectivity index (χ3n) is 3.44. The molecule has 0 unspecified atom stereocenters. The Kier molecular flexibility index (Phi) is 4.89. The van der Waals surface area contributed by atoms with Crippen molar-refractivity contribution in [2.45, 2.75) is 31.7 Å². The highest BCUT2D eigenvalue weighted by Gasteiger charge is 2.29. The lowest BCUT2D eigenvalue weighted by molar-refractivity contribution is -0.138. The molecule has 0 radical (unpaired) electrons. The predicted octanol–water partition coefficient (Wildman–Crippen LogP) is 3.46. The maximum Gasteiger partial charge on any atom is 0.323 e. The number of hydrogen-bond donors (Lipinski definition) is 1. The summed E-state index contributed by atoms with van der Waals surface area (Å²) in [5, 5.41) is 9.73. The molecular formula is C14H15Cl2NO3.